The molecule has 1 aromatic heterocycles. The van der Waals surface area contributed by atoms with Gasteiger partial charge in [0.2, 0.25) is 0 Å². The first kappa shape index (κ1) is 26.5. The van der Waals surface area contributed by atoms with Crippen molar-refractivity contribution in [1.29, 1.82) is 0 Å². The van der Waals surface area contributed by atoms with Gasteiger partial charge in [0, 0.05) is 23.5 Å². The molecule has 3 aromatic rings. The summed E-state index contributed by atoms with van der Waals surface area (Å²) in [6.07, 6.45) is 0. The molecule has 0 radical (unpaired) electrons. The van der Waals surface area contributed by atoms with Crippen LogP contribution in [0, 0.1) is 0 Å². The zero-order chi connectivity index (χ0) is 22.2. The van der Waals surface area contributed by atoms with Crippen molar-refractivity contribution in [2.24, 2.45) is 0 Å². The van der Waals surface area contributed by atoms with Crippen LogP contribution in [0.25, 0.3) is 10.2 Å². The lowest BCUT2D eigenvalue weighted by Crippen LogP contribution is -2.38. The fourth-order valence-corrected chi connectivity index (χ4v) is 5.11. The lowest BCUT2D eigenvalue weighted by molar-refractivity contribution is 0.0983. The highest BCUT2D eigenvalue weighted by Gasteiger charge is 2.22. The predicted octanol–water partition coefficient (Wildman–Crippen LogP) is 6.22. The van der Waals surface area contributed by atoms with Crippen molar-refractivity contribution in [3.8, 4) is 5.75 Å². The van der Waals surface area contributed by atoms with Gasteiger partial charge in [-0.15, -0.1) is 24.2 Å². The normalized spacial score (nSPS) is 10.9. The molecule has 5 nitrogen and oxygen atoms in total. The summed E-state index contributed by atoms with van der Waals surface area (Å²) in [5.74, 6) is 1.80. The fraction of sp³-hybridized carbons (Fsp3) is 0.417. The number of carbonyl (C=O) groups is 1. The minimum atomic E-state index is -0.00482. The van der Waals surface area contributed by atoms with Crippen molar-refractivity contribution in [1.82, 2.24) is 9.88 Å². The van der Waals surface area contributed by atoms with Crippen molar-refractivity contribution in [2.75, 3.05) is 43.4 Å². The van der Waals surface area contributed by atoms with Gasteiger partial charge >= 0.3 is 0 Å². The first-order valence-electron chi connectivity index (χ1n) is 10.9. The fourth-order valence-electron chi connectivity index (χ4n) is 3.37. The molecule has 0 aliphatic heterocycles. The molecule has 1 amide bonds. The van der Waals surface area contributed by atoms with E-state index >= 15 is 0 Å². The molecule has 0 unspecified atom stereocenters. The number of nitrogens with zero attached hydrogens (tertiary/aromatic N) is 3. The molecule has 0 N–H and O–H groups in total. The molecule has 174 valence electrons. The number of thioether (sulfide) groups is 1. The SMILES string of the molecule is CCOc1ccc2nc(N(CCN(CC)CC)C(=O)c3cccc(SCC)c3)sc2c1.Cl. The van der Waals surface area contributed by atoms with Crippen molar-refractivity contribution >= 4 is 56.8 Å². The van der Waals surface area contributed by atoms with Gasteiger partial charge in [-0.25, -0.2) is 4.98 Å². The molecule has 0 bridgehead atoms. The van der Waals surface area contributed by atoms with E-state index in [0.717, 1.165) is 51.4 Å². The Morgan fingerprint density at radius 3 is 2.53 bits per heavy atom. The van der Waals surface area contributed by atoms with Gasteiger partial charge in [0.1, 0.15) is 5.75 Å². The minimum Gasteiger partial charge on any atom is -0.494 e. The lowest BCUT2D eigenvalue weighted by atomic mass is 10.2. The summed E-state index contributed by atoms with van der Waals surface area (Å²) in [7, 11) is 0. The lowest BCUT2D eigenvalue weighted by Gasteiger charge is -2.25. The van der Waals surface area contributed by atoms with Gasteiger partial charge in [0.05, 0.1) is 16.8 Å². The topological polar surface area (TPSA) is 45.7 Å². The summed E-state index contributed by atoms with van der Waals surface area (Å²) in [5.41, 5.74) is 1.59. The van der Waals surface area contributed by atoms with Crippen molar-refractivity contribution < 1.29 is 9.53 Å². The molecule has 0 aliphatic carbocycles. The van der Waals surface area contributed by atoms with Gasteiger partial charge in [0.15, 0.2) is 5.13 Å². The third kappa shape index (κ3) is 6.61. The molecule has 2 aromatic carbocycles. The Balaban J connectivity index is 0.00000363. The summed E-state index contributed by atoms with van der Waals surface area (Å²) >= 11 is 3.28. The van der Waals surface area contributed by atoms with Crippen molar-refractivity contribution in [2.45, 2.75) is 32.6 Å². The number of thiazole rings is 1. The number of fused-ring (bicyclic) bond motifs is 1. The van der Waals surface area contributed by atoms with Gasteiger partial charge in [-0.05, 0) is 62.2 Å². The van der Waals surface area contributed by atoms with Crippen LogP contribution in [0.1, 0.15) is 38.1 Å². The number of benzene rings is 2. The number of hydrogen-bond donors (Lipinski definition) is 0. The molecule has 0 saturated carbocycles. The van der Waals surface area contributed by atoms with Gasteiger partial charge in [0.25, 0.3) is 5.91 Å². The molecule has 0 spiro atoms. The van der Waals surface area contributed by atoms with Crippen LogP contribution in [-0.4, -0.2) is 54.3 Å². The van der Waals surface area contributed by atoms with Crippen LogP contribution in [0.4, 0.5) is 5.13 Å². The number of halogens is 1. The number of anilines is 1. The summed E-state index contributed by atoms with van der Waals surface area (Å²) in [6.45, 7) is 12.3. The molecule has 0 saturated heterocycles. The summed E-state index contributed by atoms with van der Waals surface area (Å²) in [4.78, 5) is 23.6. The second-order valence-electron chi connectivity index (χ2n) is 7.00. The number of aromatic nitrogens is 1. The van der Waals surface area contributed by atoms with Gasteiger partial charge in [-0.3, -0.25) is 9.69 Å². The Labute approximate surface area is 205 Å². The van der Waals surface area contributed by atoms with Crippen LogP contribution in [0.2, 0.25) is 0 Å². The van der Waals surface area contributed by atoms with E-state index in [2.05, 4.69) is 31.7 Å². The second-order valence-corrected chi connectivity index (χ2v) is 9.35. The zero-order valence-corrected chi connectivity index (χ0v) is 21.6. The van der Waals surface area contributed by atoms with Gasteiger partial charge in [-0.2, -0.15) is 0 Å². The quantitative estimate of drug-likeness (QED) is 0.297. The highest BCUT2D eigenvalue weighted by atomic mass is 35.5. The van der Waals surface area contributed by atoms with E-state index in [4.69, 9.17) is 9.72 Å². The number of amides is 1. The number of ether oxygens (including phenoxy) is 1. The van der Waals surface area contributed by atoms with E-state index in [0.29, 0.717) is 18.7 Å². The third-order valence-corrected chi connectivity index (χ3v) is 6.98. The maximum Gasteiger partial charge on any atom is 0.260 e. The summed E-state index contributed by atoms with van der Waals surface area (Å²) in [6, 6.07) is 13.8. The average molecular weight is 494 g/mol. The maximum atomic E-state index is 13.6. The summed E-state index contributed by atoms with van der Waals surface area (Å²) in [5, 5.41) is 0.731. The third-order valence-electron chi connectivity index (χ3n) is 5.06. The van der Waals surface area contributed by atoms with E-state index in [1.54, 1.807) is 11.8 Å². The molecule has 0 fully saturated rings. The van der Waals surface area contributed by atoms with Crippen LogP contribution >= 0.6 is 35.5 Å². The molecular weight excluding hydrogens is 462 g/mol. The van der Waals surface area contributed by atoms with E-state index in [1.165, 1.54) is 11.3 Å². The number of carbonyl (C=O) groups excluding carboxylic acids is 1. The van der Waals surface area contributed by atoms with E-state index in [9.17, 15) is 4.79 Å². The predicted molar refractivity (Wildman–Crippen MR) is 140 cm³/mol. The molecule has 32 heavy (non-hydrogen) atoms. The molecule has 0 aliphatic rings. The van der Waals surface area contributed by atoms with E-state index in [-0.39, 0.29) is 18.3 Å². The van der Waals surface area contributed by atoms with Crippen LogP contribution in [0.3, 0.4) is 0 Å². The molecule has 8 heteroatoms. The zero-order valence-electron chi connectivity index (χ0n) is 19.2. The molecule has 3 rings (SSSR count). The molecule has 0 atom stereocenters. The van der Waals surface area contributed by atoms with Crippen molar-refractivity contribution in [3.63, 3.8) is 0 Å². The molecule has 1 heterocycles. The summed E-state index contributed by atoms with van der Waals surface area (Å²) < 4.78 is 6.66. The Kier molecular flexibility index (Phi) is 10.8. The highest BCUT2D eigenvalue weighted by Crippen LogP contribution is 2.32. The van der Waals surface area contributed by atoms with E-state index < -0.39 is 0 Å². The Bertz CT molecular complexity index is 1010. The Morgan fingerprint density at radius 1 is 1.06 bits per heavy atom. The smallest absolute Gasteiger partial charge is 0.260 e. The standard InChI is InChI=1S/C24H31N3O2S2.ClH/c1-5-26(6-2)14-15-27(23(28)18-10-9-11-20(16-18)30-8-4)24-25-21-13-12-19(29-7-3)17-22(21)31-24;/h9-13,16-17H,5-8,14-15H2,1-4H3;1H. The largest absolute Gasteiger partial charge is 0.494 e. The average Bonchev–Trinajstić information content (AvgIpc) is 3.20. The van der Waals surface area contributed by atoms with Crippen LogP contribution in [0.5, 0.6) is 5.75 Å². The van der Waals surface area contributed by atoms with Crippen LogP contribution < -0.4 is 9.64 Å². The first-order chi connectivity index (χ1) is 15.1. The minimum absolute atomic E-state index is 0. The maximum absolute atomic E-state index is 13.6. The van der Waals surface area contributed by atoms with Crippen LogP contribution in [-0.2, 0) is 0 Å². The highest BCUT2D eigenvalue weighted by molar-refractivity contribution is 7.99. The molecular formula is C24H32ClN3O2S2. The number of likely N-dealkylation sites (N-methyl/N-ethyl adjacent to an activating group) is 1. The monoisotopic (exact) mass is 493 g/mol. The van der Waals surface area contributed by atoms with Gasteiger partial charge in [-0.1, -0.05) is 38.2 Å². The van der Waals surface area contributed by atoms with Gasteiger partial charge < -0.3 is 9.64 Å². The number of hydrogen-bond acceptors (Lipinski definition) is 6. The van der Waals surface area contributed by atoms with Crippen molar-refractivity contribution in [3.05, 3.63) is 48.0 Å². The second kappa shape index (κ2) is 13.0. The van der Waals surface area contributed by atoms with Crippen LogP contribution in [0.15, 0.2) is 47.4 Å². The Hall–Kier alpha value is -1.80. The Morgan fingerprint density at radius 2 is 1.84 bits per heavy atom. The number of rotatable bonds is 11. The van der Waals surface area contributed by atoms with E-state index in [1.807, 2.05) is 48.2 Å². The first-order valence-corrected chi connectivity index (χ1v) is 12.7.